The number of hydrogen-bond acceptors (Lipinski definition) is 6. The molecule has 4 rings (SSSR count). The molecule has 0 unspecified atom stereocenters. The van der Waals surface area contributed by atoms with E-state index in [0.717, 1.165) is 62.7 Å². The number of likely N-dealkylation sites (tertiary alicyclic amines) is 1. The van der Waals surface area contributed by atoms with Crippen LogP contribution in [0.3, 0.4) is 0 Å². The van der Waals surface area contributed by atoms with E-state index in [0.29, 0.717) is 30.5 Å². The van der Waals surface area contributed by atoms with Crippen molar-refractivity contribution >= 4 is 23.5 Å². The van der Waals surface area contributed by atoms with E-state index in [2.05, 4.69) is 17.9 Å². The van der Waals surface area contributed by atoms with E-state index in [4.69, 9.17) is 13.9 Å². The summed E-state index contributed by atoms with van der Waals surface area (Å²) in [4.78, 5) is 15.2. The predicted molar refractivity (Wildman–Crippen MR) is 126 cm³/mol. The van der Waals surface area contributed by atoms with Crippen LogP contribution in [0.15, 0.2) is 21.3 Å². The molecule has 0 radical (unpaired) electrons. The third kappa shape index (κ3) is 4.89. The molecule has 0 atom stereocenters. The number of benzene rings is 1. The Kier molecular flexibility index (Phi) is 8.05. The summed E-state index contributed by atoms with van der Waals surface area (Å²) in [6, 6.07) is 5.90. The quantitative estimate of drug-likeness (QED) is 0.597. The van der Waals surface area contributed by atoms with Crippen LogP contribution in [-0.2, 0) is 9.47 Å². The predicted octanol–water partition coefficient (Wildman–Crippen LogP) is 4.20. The van der Waals surface area contributed by atoms with Crippen molar-refractivity contribution in [2.24, 2.45) is 0 Å². The molecule has 7 nitrogen and oxygen atoms in total. The molecule has 1 saturated carbocycles. The number of halogens is 1. The minimum absolute atomic E-state index is 0. The van der Waals surface area contributed by atoms with Gasteiger partial charge in [0.2, 0.25) is 0 Å². The van der Waals surface area contributed by atoms with E-state index in [9.17, 15) is 10.1 Å². The highest BCUT2D eigenvalue weighted by molar-refractivity contribution is 5.85. The number of nitrogens with zero attached hydrogens (tertiary/aromatic N) is 3. The molecule has 1 aromatic carbocycles. The Hall–Kier alpha value is -1.85. The van der Waals surface area contributed by atoms with E-state index < -0.39 is 0 Å². The number of methoxy groups -OCH3 is 1. The van der Waals surface area contributed by atoms with Gasteiger partial charge >= 0.3 is 5.76 Å². The fraction of sp³-hybridized carbons (Fsp3) is 0.667. The van der Waals surface area contributed by atoms with Gasteiger partial charge in [0.25, 0.3) is 0 Å². The number of nitriles is 1. The van der Waals surface area contributed by atoms with Crippen LogP contribution in [0.25, 0.3) is 11.1 Å². The molecule has 1 aromatic heterocycles. The van der Waals surface area contributed by atoms with Gasteiger partial charge in [-0.05, 0) is 64.0 Å². The first-order valence-corrected chi connectivity index (χ1v) is 11.4. The molecular weight excluding hydrogens is 430 g/mol. The van der Waals surface area contributed by atoms with E-state index >= 15 is 0 Å². The second-order valence-corrected chi connectivity index (χ2v) is 9.26. The molecule has 1 aliphatic heterocycles. The van der Waals surface area contributed by atoms with Crippen LogP contribution in [-0.4, -0.2) is 54.5 Å². The lowest BCUT2D eigenvalue weighted by atomic mass is 9.79. The van der Waals surface area contributed by atoms with Crippen LogP contribution in [0.5, 0.6) is 0 Å². The maximum Gasteiger partial charge on any atom is 0.420 e. The number of hydrogen-bond donors (Lipinski definition) is 0. The second-order valence-electron chi connectivity index (χ2n) is 9.26. The largest absolute Gasteiger partial charge is 0.420 e. The lowest BCUT2D eigenvalue weighted by Gasteiger charge is -2.48. The highest BCUT2D eigenvalue weighted by Crippen LogP contribution is 2.38. The molecule has 32 heavy (non-hydrogen) atoms. The van der Waals surface area contributed by atoms with Crippen molar-refractivity contribution in [1.82, 2.24) is 9.47 Å². The molecule has 0 N–H and O–H groups in total. The van der Waals surface area contributed by atoms with E-state index in [1.54, 1.807) is 13.2 Å². The molecule has 2 aromatic rings. The molecular formula is C24H34ClN3O4. The minimum atomic E-state index is -0.317. The van der Waals surface area contributed by atoms with E-state index in [-0.39, 0.29) is 29.7 Å². The normalized spacial score (nSPS) is 24.9. The van der Waals surface area contributed by atoms with Gasteiger partial charge in [0.05, 0.1) is 36.5 Å². The topological polar surface area (TPSA) is 80.6 Å². The lowest BCUT2D eigenvalue weighted by molar-refractivity contribution is -0.0419. The first-order chi connectivity index (χ1) is 14.9. The average Bonchev–Trinajstić information content (AvgIpc) is 3.09. The molecule has 0 bridgehead atoms. The molecule has 0 spiro atoms. The zero-order valence-electron chi connectivity index (χ0n) is 19.3. The zero-order chi connectivity index (χ0) is 22.0. The fourth-order valence-corrected chi connectivity index (χ4v) is 5.31. The Balaban J connectivity index is 0.00000289. The number of aryl methyl sites for hydroxylation is 1. The first-order valence-electron chi connectivity index (χ1n) is 11.4. The number of oxazole rings is 1. The standard InChI is InChI=1S/C24H33N3O4.ClH/c1-17-14-21-22(15-18(17)16-25)31-23(28)27(21)19-6-10-26(11-7-19)24(2)8-4-20(5-9-24)30-13-12-29-3;/h14-15,19-20H,4-13H2,1-3H3;1H/t20-,24-;. The smallest absolute Gasteiger partial charge is 0.408 e. The van der Waals surface area contributed by atoms with Crippen molar-refractivity contribution in [3.8, 4) is 6.07 Å². The van der Waals surface area contributed by atoms with E-state index in [1.807, 2.05) is 17.6 Å². The summed E-state index contributed by atoms with van der Waals surface area (Å²) in [7, 11) is 1.70. The second kappa shape index (κ2) is 10.4. The van der Waals surface area contributed by atoms with Crippen LogP contribution in [0, 0.1) is 18.3 Å². The summed E-state index contributed by atoms with van der Waals surface area (Å²) < 4.78 is 18.3. The fourth-order valence-electron chi connectivity index (χ4n) is 5.31. The zero-order valence-corrected chi connectivity index (χ0v) is 20.1. The Bertz CT molecular complexity index is 1010. The van der Waals surface area contributed by atoms with Gasteiger partial charge in [0, 0.05) is 37.8 Å². The van der Waals surface area contributed by atoms with Crippen molar-refractivity contribution in [2.45, 2.75) is 70.1 Å². The molecule has 176 valence electrons. The number of aromatic nitrogens is 1. The van der Waals surface area contributed by atoms with Crippen LogP contribution in [0.4, 0.5) is 0 Å². The molecule has 0 amide bonds. The van der Waals surface area contributed by atoms with Gasteiger partial charge in [-0.3, -0.25) is 9.47 Å². The number of piperidine rings is 1. The maximum atomic E-state index is 12.6. The number of fused-ring (bicyclic) bond motifs is 1. The number of ether oxygens (including phenoxy) is 2. The van der Waals surface area contributed by atoms with Crippen molar-refractivity contribution in [1.29, 1.82) is 5.26 Å². The van der Waals surface area contributed by atoms with Gasteiger partial charge < -0.3 is 13.9 Å². The Morgan fingerprint density at radius 1 is 1.19 bits per heavy atom. The monoisotopic (exact) mass is 463 g/mol. The van der Waals surface area contributed by atoms with Gasteiger partial charge in [-0.2, -0.15) is 5.26 Å². The highest BCUT2D eigenvalue weighted by Gasteiger charge is 2.38. The van der Waals surface area contributed by atoms with Gasteiger partial charge in [-0.15, -0.1) is 12.4 Å². The van der Waals surface area contributed by atoms with Crippen molar-refractivity contribution < 1.29 is 13.9 Å². The van der Waals surface area contributed by atoms with Gasteiger partial charge in [0.15, 0.2) is 5.58 Å². The van der Waals surface area contributed by atoms with Crippen LogP contribution in [0.1, 0.15) is 62.6 Å². The third-order valence-corrected chi connectivity index (χ3v) is 7.32. The summed E-state index contributed by atoms with van der Waals surface area (Å²) in [5.41, 5.74) is 2.94. The highest BCUT2D eigenvalue weighted by atomic mass is 35.5. The lowest BCUT2D eigenvalue weighted by Crippen LogP contribution is -2.53. The minimum Gasteiger partial charge on any atom is -0.408 e. The molecule has 8 heteroatoms. The Morgan fingerprint density at radius 3 is 2.50 bits per heavy atom. The Labute approximate surface area is 195 Å². The molecule has 2 fully saturated rings. The molecule has 2 heterocycles. The summed E-state index contributed by atoms with van der Waals surface area (Å²) in [6.45, 7) is 7.56. The summed E-state index contributed by atoms with van der Waals surface area (Å²) in [5, 5.41) is 9.25. The van der Waals surface area contributed by atoms with Crippen LogP contribution >= 0.6 is 12.4 Å². The van der Waals surface area contributed by atoms with Crippen molar-refractivity contribution in [3.63, 3.8) is 0 Å². The molecule has 1 saturated heterocycles. The van der Waals surface area contributed by atoms with Crippen LogP contribution < -0.4 is 5.76 Å². The van der Waals surface area contributed by atoms with Crippen molar-refractivity contribution in [2.75, 3.05) is 33.4 Å². The maximum absolute atomic E-state index is 12.6. The molecule has 2 aliphatic rings. The number of rotatable bonds is 6. The summed E-state index contributed by atoms with van der Waals surface area (Å²) in [6.07, 6.45) is 6.66. The third-order valence-electron chi connectivity index (χ3n) is 7.32. The van der Waals surface area contributed by atoms with Gasteiger partial charge in [0.1, 0.15) is 0 Å². The van der Waals surface area contributed by atoms with E-state index in [1.165, 1.54) is 0 Å². The average molecular weight is 464 g/mol. The molecule has 1 aliphatic carbocycles. The summed E-state index contributed by atoms with van der Waals surface area (Å²) in [5.74, 6) is -0.317. The SMILES string of the molecule is COCCO[C@H]1CC[C@](C)(N2CCC(n3c(=O)oc4cc(C#N)c(C)cc43)CC2)CC1.Cl. The van der Waals surface area contributed by atoms with Crippen LogP contribution in [0.2, 0.25) is 0 Å². The van der Waals surface area contributed by atoms with Gasteiger partial charge in [-0.25, -0.2) is 4.79 Å². The Morgan fingerprint density at radius 2 is 1.88 bits per heavy atom. The summed E-state index contributed by atoms with van der Waals surface area (Å²) >= 11 is 0. The van der Waals surface area contributed by atoms with Gasteiger partial charge in [-0.1, -0.05) is 0 Å². The first kappa shape index (κ1) is 24.8. The van der Waals surface area contributed by atoms with Crippen molar-refractivity contribution in [3.05, 3.63) is 33.8 Å².